The van der Waals surface area contributed by atoms with Gasteiger partial charge in [0.1, 0.15) is 18.7 Å². The van der Waals surface area contributed by atoms with Gasteiger partial charge in [-0.1, -0.05) is 30.3 Å². The summed E-state index contributed by atoms with van der Waals surface area (Å²) < 4.78 is 6.80. The summed E-state index contributed by atoms with van der Waals surface area (Å²) in [4.78, 5) is 15.1. The molecule has 0 unspecified atom stereocenters. The number of benzene rings is 1. The smallest absolute Gasteiger partial charge is 0.351 e. The SMILES string of the molecule is Nc1ccn(CO[C@@H](CO)c2ccccc2)c(=O)n1. The van der Waals surface area contributed by atoms with Crippen LogP contribution in [0, 0.1) is 0 Å². The number of anilines is 1. The van der Waals surface area contributed by atoms with Crippen molar-refractivity contribution in [1.29, 1.82) is 0 Å². The molecule has 0 fully saturated rings. The van der Waals surface area contributed by atoms with Gasteiger partial charge < -0.3 is 15.6 Å². The fourth-order valence-corrected chi connectivity index (χ4v) is 1.63. The summed E-state index contributed by atoms with van der Waals surface area (Å²) in [6, 6.07) is 10.8. The van der Waals surface area contributed by atoms with Gasteiger partial charge in [-0.3, -0.25) is 4.57 Å². The third kappa shape index (κ3) is 3.40. The van der Waals surface area contributed by atoms with E-state index in [2.05, 4.69) is 4.98 Å². The van der Waals surface area contributed by atoms with Crippen molar-refractivity contribution in [3.05, 3.63) is 58.6 Å². The van der Waals surface area contributed by atoms with Crippen molar-refractivity contribution < 1.29 is 9.84 Å². The van der Waals surface area contributed by atoms with E-state index in [0.717, 1.165) is 5.56 Å². The number of aliphatic hydroxyl groups excluding tert-OH is 1. The first kappa shape index (κ1) is 13.3. The average molecular weight is 261 g/mol. The first-order valence-corrected chi connectivity index (χ1v) is 5.81. The zero-order chi connectivity index (χ0) is 13.7. The Morgan fingerprint density at radius 3 is 2.68 bits per heavy atom. The molecule has 6 nitrogen and oxygen atoms in total. The summed E-state index contributed by atoms with van der Waals surface area (Å²) in [5.74, 6) is 0.169. The van der Waals surface area contributed by atoms with Crippen molar-refractivity contribution in [2.45, 2.75) is 12.8 Å². The van der Waals surface area contributed by atoms with Crippen molar-refractivity contribution in [1.82, 2.24) is 9.55 Å². The number of aliphatic hydroxyl groups is 1. The third-order valence-corrected chi connectivity index (χ3v) is 2.65. The molecule has 19 heavy (non-hydrogen) atoms. The lowest BCUT2D eigenvalue weighted by Gasteiger charge is -2.16. The second kappa shape index (κ2) is 6.12. The Morgan fingerprint density at radius 1 is 1.32 bits per heavy atom. The number of aromatic nitrogens is 2. The molecule has 0 saturated carbocycles. The lowest BCUT2D eigenvalue weighted by atomic mass is 10.1. The molecular formula is C13H15N3O3. The van der Waals surface area contributed by atoms with Crippen LogP contribution in [0.1, 0.15) is 11.7 Å². The number of rotatable bonds is 5. The monoisotopic (exact) mass is 261 g/mol. The molecule has 1 aromatic carbocycles. The maximum atomic E-state index is 11.5. The Labute approximate surface area is 110 Å². The van der Waals surface area contributed by atoms with Crippen LogP contribution in [-0.2, 0) is 11.5 Å². The van der Waals surface area contributed by atoms with E-state index in [1.807, 2.05) is 30.3 Å². The number of hydrogen-bond acceptors (Lipinski definition) is 5. The predicted octanol–water partition coefficient (Wildman–Crippen LogP) is 0.533. The fraction of sp³-hybridized carbons (Fsp3) is 0.231. The molecular weight excluding hydrogens is 246 g/mol. The van der Waals surface area contributed by atoms with E-state index in [0.29, 0.717) is 0 Å². The molecule has 3 N–H and O–H groups in total. The molecule has 0 aliphatic heterocycles. The van der Waals surface area contributed by atoms with Gasteiger partial charge in [0.25, 0.3) is 0 Å². The largest absolute Gasteiger partial charge is 0.393 e. The molecule has 0 aliphatic carbocycles. The third-order valence-electron chi connectivity index (χ3n) is 2.65. The lowest BCUT2D eigenvalue weighted by molar-refractivity contribution is -0.0271. The highest BCUT2D eigenvalue weighted by atomic mass is 16.5. The van der Waals surface area contributed by atoms with Crippen LogP contribution in [0.2, 0.25) is 0 Å². The van der Waals surface area contributed by atoms with Crippen LogP contribution < -0.4 is 11.4 Å². The zero-order valence-electron chi connectivity index (χ0n) is 10.3. The van der Waals surface area contributed by atoms with Gasteiger partial charge in [0, 0.05) is 6.20 Å². The summed E-state index contributed by atoms with van der Waals surface area (Å²) in [6.07, 6.45) is 1.02. The maximum Gasteiger partial charge on any atom is 0.351 e. The molecule has 0 spiro atoms. The first-order chi connectivity index (χ1) is 9.20. The van der Waals surface area contributed by atoms with Crippen LogP contribution in [0.3, 0.4) is 0 Å². The van der Waals surface area contributed by atoms with Gasteiger partial charge in [-0.25, -0.2) is 4.79 Å². The minimum absolute atomic E-state index is 0.00618. The molecule has 0 bridgehead atoms. The van der Waals surface area contributed by atoms with E-state index in [-0.39, 0.29) is 19.2 Å². The van der Waals surface area contributed by atoms with Crippen LogP contribution in [0.4, 0.5) is 5.82 Å². The molecule has 0 radical (unpaired) electrons. The van der Waals surface area contributed by atoms with Gasteiger partial charge in [-0.15, -0.1) is 0 Å². The van der Waals surface area contributed by atoms with Gasteiger partial charge in [0.2, 0.25) is 0 Å². The number of nitrogen functional groups attached to an aromatic ring is 1. The quantitative estimate of drug-likeness (QED) is 0.819. The van der Waals surface area contributed by atoms with Crippen molar-refractivity contribution in [3.63, 3.8) is 0 Å². The Bertz CT molecular complexity index is 583. The highest BCUT2D eigenvalue weighted by Gasteiger charge is 2.10. The van der Waals surface area contributed by atoms with Gasteiger partial charge in [0.15, 0.2) is 0 Å². The highest BCUT2D eigenvalue weighted by molar-refractivity contribution is 5.23. The molecule has 2 aromatic rings. The van der Waals surface area contributed by atoms with Gasteiger partial charge in [0.05, 0.1) is 6.61 Å². The van der Waals surface area contributed by atoms with E-state index >= 15 is 0 Å². The molecule has 0 amide bonds. The van der Waals surface area contributed by atoms with E-state index in [4.69, 9.17) is 10.5 Å². The number of nitrogens with two attached hydrogens (primary N) is 1. The molecule has 0 aliphatic rings. The molecule has 6 heteroatoms. The fourth-order valence-electron chi connectivity index (χ4n) is 1.63. The predicted molar refractivity (Wildman–Crippen MR) is 70.3 cm³/mol. The molecule has 0 saturated heterocycles. The number of nitrogens with zero attached hydrogens (tertiary/aromatic N) is 2. The minimum atomic E-state index is -0.482. The van der Waals surface area contributed by atoms with Crippen molar-refractivity contribution in [3.8, 4) is 0 Å². The highest BCUT2D eigenvalue weighted by Crippen LogP contribution is 2.16. The van der Waals surface area contributed by atoms with Gasteiger partial charge in [-0.2, -0.15) is 4.98 Å². The molecule has 1 atom stereocenters. The Morgan fingerprint density at radius 2 is 2.05 bits per heavy atom. The molecule has 1 aromatic heterocycles. The maximum absolute atomic E-state index is 11.5. The summed E-state index contributed by atoms with van der Waals surface area (Å²) in [7, 11) is 0. The van der Waals surface area contributed by atoms with Crippen LogP contribution in [0.15, 0.2) is 47.4 Å². The second-order valence-corrected chi connectivity index (χ2v) is 3.98. The average Bonchev–Trinajstić information content (AvgIpc) is 2.43. The minimum Gasteiger partial charge on any atom is -0.393 e. The van der Waals surface area contributed by atoms with E-state index in [1.165, 1.54) is 16.8 Å². The molecule has 1 heterocycles. The Balaban J connectivity index is 2.06. The van der Waals surface area contributed by atoms with Crippen LogP contribution >= 0.6 is 0 Å². The zero-order valence-corrected chi connectivity index (χ0v) is 10.3. The molecule has 2 rings (SSSR count). The summed E-state index contributed by atoms with van der Waals surface area (Å²) in [5, 5.41) is 9.32. The second-order valence-electron chi connectivity index (χ2n) is 3.98. The van der Waals surface area contributed by atoms with Crippen molar-refractivity contribution in [2.75, 3.05) is 12.3 Å². The van der Waals surface area contributed by atoms with E-state index in [1.54, 1.807) is 0 Å². The number of hydrogen-bond donors (Lipinski definition) is 2. The number of ether oxygens (including phenoxy) is 1. The summed E-state index contributed by atoms with van der Waals surface area (Å²) in [5.41, 5.74) is 5.76. The van der Waals surface area contributed by atoms with Crippen molar-refractivity contribution >= 4 is 5.82 Å². The van der Waals surface area contributed by atoms with Crippen molar-refractivity contribution in [2.24, 2.45) is 0 Å². The van der Waals surface area contributed by atoms with Gasteiger partial charge >= 0.3 is 5.69 Å². The van der Waals surface area contributed by atoms with Crippen LogP contribution in [0.5, 0.6) is 0 Å². The summed E-state index contributed by atoms with van der Waals surface area (Å²) >= 11 is 0. The van der Waals surface area contributed by atoms with Gasteiger partial charge in [-0.05, 0) is 11.6 Å². The molecule has 100 valence electrons. The van der Waals surface area contributed by atoms with Crippen LogP contribution in [-0.4, -0.2) is 21.3 Å². The Hall–Kier alpha value is -2.18. The standard InChI is InChI=1S/C13H15N3O3/c14-12-6-7-16(13(18)15-12)9-19-11(8-17)10-4-2-1-3-5-10/h1-7,11,17H,8-9H2,(H2,14,15,18)/t11-/m0/s1. The van der Waals surface area contributed by atoms with E-state index in [9.17, 15) is 9.90 Å². The lowest BCUT2D eigenvalue weighted by Crippen LogP contribution is -2.25. The normalized spacial score (nSPS) is 12.3. The summed E-state index contributed by atoms with van der Waals surface area (Å²) in [6.45, 7) is -0.159. The van der Waals surface area contributed by atoms with E-state index < -0.39 is 11.8 Å². The first-order valence-electron chi connectivity index (χ1n) is 5.81. The topological polar surface area (TPSA) is 90.4 Å². The van der Waals surface area contributed by atoms with Crippen LogP contribution in [0.25, 0.3) is 0 Å². The Kier molecular flexibility index (Phi) is 4.27.